The number of phenols is 1. The Balaban J connectivity index is 0.00000514. The van der Waals surface area contributed by atoms with E-state index in [-0.39, 0.29) is 47.4 Å². The fraction of sp³-hybridized carbons (Fsp3) is 0.375. The molecule has 1 saturated carbocycles. The number of hydrogen-bond acceptors (Lipinski definition) is 9. The van der Waals surface area contributed by atoms with Crippen molar-refractivity contribution in [1.29, 1.82) is 0 Å². The third kappa shape index (κ3) is 9.95. The molecule has 3 saturated heterocycles. The number of alkyl halides is 2. The fourth-order valence-electron chi connectivity index (χ4n) is 6.91. The highest BCUT2D eigenvalue weighted by atomic mass is 35.5. The molecule has 1 aromatic heterocycles. The zero-order chi connectivity index (χ0) is 37.8. The first-order valence-corrected chi connectivity index (χ1v) is 18.7. The molecule has 4 heterocycles. The molecule has 3 N–H and O–H groups in total. The Labute approximate surface area is 327 Å². The third-order valence-corrected chi connectivity index (χ3v) is 10.8. The number of rotatable bonds is 14. The van der Waals surface area contributed by atoms with E-state index in [0.29, 0.717) is 57.4 Å². The van der Waals surface area contributed by atoms with Crippen LogP contribution < -0.4 is 19.4 Å². The molecule has 55 heavy (non-hydrogen) atoms. The van der Waals surface area contributed by atoms with Crippen molar-refractivity contribution in [2.24, 2.45) is 11.8 Å². The summed E-state index contributed by atoms with van der Waals surface area (Å²) in [7, 11) is 0. The van der Waals surface area contributed by atoms with Gasteiger partial charge in [-0.15, -0.1) is 0 Å². The number of hydrogen-bond donors (Lipinski definition) is 1. The number of H-pyrrole nitrogens is 1. The fourth-order valence-corrected chi connectivity index (χ4v) is 7.44. The average molecular weight is 801 g/mol. The van der Waals surface area contributed by atoms with E-state index in [0.717, 1.165) is 38.8 Å². The van der Waals surface area contributed by atoms with E-state index in [9.17, 15) is 23.5 Å². The number of aromatic amines is 1. The molecule has 4 fully saturated rings. The number of carbonyl (C=O) groups excluding carboxylic acids is 2. The normalized spacial score (nSPS) is 19.3. The minimum absolute atomic E-state index is 0. The van der Waals surface area contributed by atoms with Gasteiger partial charge in [0.1, 0.15) is 28.0 Å². The smallest absolute Gasteiger partial charge is 0.415 e. The van der Waals surface area contributed by atoms with Gasteiger partial charge in [-0.2, -0.15) is 8.78 Å². The Hall–Kier alpha value is -4.69. The Morgan fingerprint density at radius 2 is 1.65 bits per heavy atom. The highest BCUT2D eigenvalue weighted by Gasteiger charge is 2.38. The van der Waals surface area contributed by atoms with Gasteiger partial charge in [0.05, 0.1) is 24.4 Å². The number of halogens is 4. The number of fused-ring (bicyclic) bond motifs is 3. The van der Waals surface area contributed by atoms with Crippen LogP contribution in [-0.2, 0) is 22.4 Å². The molecule has 8 rings (SSSR count). The van der Waals surface area contributed by atoms with Gasteiger partial charge in [0.15, 0.2) is 23.9 Å². The van der Waals surface area contributed by atoms with Crippen LogP contribution in [0.25, 0.3) is 0 Å². The second kappa shape index (κ2) is 17.8. The van der Waals surface area contributed by atoms with Gasteiger partial charge >= 0.3 is 18.7 Å². The third-order valence-electron chi connectivity index (χ3n) is 10.1. The van der Waals surface area contributed by atoms with Crippen molar-refractivity contribution in [1.82, 2.24) is 4.90 Å². The summed E-state index contributed by atoms with van der Waals surface area (Å²) in [5.41, 5.74) is 2.15. The number of anilines is 1. The Bertz CT molecular complexity index is 1940. The van der Waals surface area contributed by atoms with Crippen LogP contribution in [0.15, 0.2) is 79.1 Å². The zero-order valence-corrected chi connectivity index (χ0v) is 31.2. The predicted molar refractivity (Wildman–Crippen MR) is 198 cm³/mol. The van der Waals surface area contributed by atoms with Gasteiger partial charge in [-0.05, 0) is 98.1 Å². The molecule has 3 aromatic carbocycles. The topological polar surface area (TPSA) is 142 Å². The van der Waals surface area contributed by atoms with Crippen molar-refractivity contribution >= 4 is 41.0 Å². The van der Waals surface area contributed by atoms with Crippen LogP contribution in [0, 0.1) is 11.8 Å². The highest BCUT2D eigenvalue weighted by molar-refractivity contribution is 6.35. The summed E-state index contributed by atoms with van der Waals surface area (Å²) < 4.78 is 49.2. The molecule has 292 valence electrons. The maximum Gasteiger partial charge on any atom is 0.415 e. The second-order valence-electron chi connectivity index (χ2n) is 13.9. The summed E-state index contributed by atoms with van der Waals surface area (Å²) in [4.78, 5) is 34.0. The lowest BCUT2D eigenvalue weighted by Gasteiger charge is -2.44. The first-order valence-electron chi connectivity index (χ1n) is 17.9. The van der Waals surface area contributed by atoms with Gasteiger partial charge in [0, 0.05) is 18.5 Å². The Morgan fingerprint density at radius 1 is 0.945 bits per heavy atom. The number of ether oxygens (including phenoxy) is 4. The Kier molecular flexibility index (Phi) is 13.0. The number of amides is 1. The number of esters is 1. The number of para-hydroxylation sites is 2. The van der Waals surface area contributed by atoms with E-state index < -0.39 is 24.8 Å². The molecule has 2 bridgehead atoms. The monoisotopic (exact) mass is 799 g/mol. The maximum atomic E-state index is 13.7. The van der Waals surface area contributed by atoms with Gasteiger partial charge in [0.25, 0.3) is 0 Å². The Morgan fingerprint density at radius 3 is 2.29 bits per heavy atom. The molecule has 11 nitrogen and oxygen atoms in total. The number of aromatic nitrogens is 1. The molecule has 4 aliphatic rings. The van der Waals surface area contributed by atoms with E-state index in [1.54, 1.807) is 54.9 Å². The summed E-state index contributed by atoms with van der Waals surface area (Å²) in [5, 5.41) is 11.3. The van der Waals surface area contributed by atoms with E-state index in [2.05, 4.69) is 9.88 Å². The first kappa shape index (κ1) is 40.0. The molecule has 4 aromatic rings. The molecule has 0 spiro atoms. The van der Waals surface area contributed by atoms with Crippen LogP contribution >= 0.6 is 23.2 Å². The summed E-state index contributed by atoms with van der Waals surface area (Å²) in [6, 6.07) is 17.5. The van der Waals surface area contributed by atoms with E-state index in [1.807, 2.05) is 0 Å². The van der Waals surface area contributed by atoms with Crippen molar-refractivity contribution in [2.75, 3.05) is 31.1 Å². The molecule has 0 unspecified atom stereocenters. The molecule has 1 amide bonds. The lowest BCUT2D eigenvalue weighted by molar-refractivity contribution is -0.377. The second-order valence-corrected chi connectivity index (χ2v) is 14.7. The molecular formula is C40H41Cl2F2N3O8. The number of nitrogens with one attached hydrogen (secondary N) is 1. The minimum atomic E-state index is -3.06. The molecular weight excluding hydrogens is 759 g/mol. The number of piperidine rings is 3. The number of nitrogens with zero attached hydrogens (tertiary/aromatic N) is 2. The highest BCUT2D eigenvalue weighted by Crippen LogP contribution is 2.38. The number of carbonyl (C=O) groups is 2. The van der Waals surface area contributed by atoms with Crippen LogP contribution in [-0.4, -0.2) is 66.5 Å². The van der Waals surface area contributed by atoms with Crippen LogP contribution in [0.2, 0.25) is 10.0 Å². The van der Waals surface area contributed by atoms with Gasteiger partial charge < -0.3 is 29.5 Å². The van der Waals surface area contributed by atoms with Crippen molar-refractivity contribution < 1.29 is 52.9 Å². The molecule has 15 heteroatoms. The standard InChI is InChI=1S/C40H39Cl2F2N3O7.H2O/c41-30-19-45-20-31(42)29(30)18-35(28-11-12-34(53-39(43)44)36(17-28)51-23-25-5-6-25)52-38(49)27-9-7-24(8-10-27)21-47(32-3-1-2-4-33(32)48)40(50)54-37-22-46-15-13-26(37)14-16-46;/h1-4,7-12,17,19-20,25-26,35,37,39,48H,5-6,13-16,18,21-23H2;1H2/t35-,37-;/m0./s1. The quantitative estimate of drug-likeness (QED) is 0.125. The molecule has 0 radical (unpaired) electrons. The maximum absolute atomic E-state index is 13.7. The molecule has 2 atom stereocenters. The minimum Gasteiger partial charge on any atom is -0.870 e. The predicted octanol–water partition coefficient (Wildman–Crippen LogP) is 8.10. The van der Waals surface area contributed by atoms with Crippen LogP contribution in [0.4, 0.5) is 19.3 Å². The zero-order valence-electron chi connectivity index (χ0n) is 29.7. The van der Waals surface area contributed by atoms with Gasteiger partial charge in [-0.1, -0.05) is 53.5 Å². The largest absolute Gasteiger partial charge is 0.870 e. The number of benzene rings is 3. The summed E-state index contributed by atoms with van der Waals surface area (Å²) in [6.07, 6.45) is 5.33. The summed E-state index contributed by atoms with van der Waals surface area (Å²) in [5.74, 6) is -0.132. The van der Waals surface area contributed by atoms with Gasteiger partial charge in [-0.3, -0.25) is 9.80 Å². The van der Waals surface area contributed by atoms with Gasteiger partial charge in [0.2, 0.25) is 0 Å². The number of pyridine rings is 1. The van der Waals surface area contributed by atoms with Crippen LogP contribution in [0.5, 0.6) is 17.2 Å². The number of phenolic OH excluding ortho intramolecular Hbond substituents is 1. The summed E-state index contributed by atoms with van der Waals surface area (Å²) >= 11 is 13.0. The van der Waals surface area contributed by atoms with Crippen molar-refractivity contribution in [3.63, 3.8) is 0 Å². The van der Waals surface area contributed by atoms with Crippen molar-refractivity contribution in [2.45, 2.75) is 57.5 Å². The lowest BCUT2D eigenvalue weighted by atomic mass is 9.86. The van der Waals surface area contributed by atoms with Crippen molar-refractivity contribution in [3.8, 4) is 17.2 Å². The van der Waals surface area contributed by atoms with Crippen molar-refractivity contribution in [3.05, 3.63) is 111 Å². The SMILES string of the molecule is O=C(O[C@@H](Cc1c(Cl)c[nH+]cc1Cl)c1ccc(OC(F)F)c(OCC2CC2)c1)c1ccc(CN(C(=O)O[C@H]2CN3CCC2CC3)c2ccccc2O)cc1.[OH-]. The van der Waals surface area contributed by atoms with Crippen LogP contribution in [0.1, 0.15) is 58.8 Å². The van der Waals surface area contributed by atoms with Crippen LogP contribution in [0.3, 0.4) is 0 Å². The van der Waals surface area contributed by atoms with E-state index in [4.69, 9.17) is 42.1 Å². The first-order chi connectivity index (χ1) is 26.1. The lowest BCUT2D eigenvalue weighted by Crippen LogP contribution is -2.53. The number of aromatic hydroxyl groups is 1. The van der Waals surface area contributed by atoms with E-state index >= 15 is 0 Å². The average Bonchev–Trinajstić information content (AvgIpc) is 4.00. The molecule has 1 aliphatic carbocycles. The van der Waals surface area contributed by atoms with Gasteiger partial charge in [-0.25, -0.2) is 14.6 Å². The molecule has 3 aliphatic heterocycles. The summed E-state index contributed by atoms with van der Waals surface area (Å²) in [6.45, 7) is 0.0332. The van der Waals surface area contributed by atoms with E-state index in [1.165, 1.54) is 29.2 Å².